The Morgan fingerprint density at radius 3 is 2.89 bits per heavy atom. The van der Waals surface area contributed by atoms with E-state index in [1.807, 2.05) is 29.5 Å². The Balaban J connectivity index is 1.88. The van der Waals surface area contributed by atoms with Crippen LogP contribution in [0.15, 0.2) is 32.5 Å². The van der Waals surface area contributed by atoms with E-state index in [4.69, 9.17) is 11.6 Å². The summed E-state index contributed by atoms with van der Waals surface area (Å²) >= 11 is 15.0. The van der Waals surface area contributed by atoms with Crippen LogP contribution in [0.1, 0.15) is 29.3 Å². The van der Waals surface area contributed by atoms with Gasteiger partial charge >= 0.3 is 0 Å². The summed E-state index contributed by atoms with van der Waals surface area (Å²) in [6.07, 6.45) is 3.61. The SMILES string of the molecule is Clc1ccc(NC2CCCc3sc(Br)cc32)c(Br)c1. The lowest BCUT2D eigenvalue weighted by Gasteiger charge is -2.25. The predicted molar refractivity (Wildman–Crippen MR) is 90.5 cm³/mol. The Morgan fingerprint density at radius 1 is 1.26 bits per heavy atom. The molecule has 1 atom stereocenters. The van der Waals surface area contributed by atoms with Gasteiger partial charge in [0.1, 0.15) is 0 Å². The second-order valence-corrected chi connectivity index (χ2v) is 8.45. The fraction of sp³-hybridized carbons (Fsp3) is 0.286. The lowest BCUT2D eigenvalue weighted by Crippen LogP contribution is -2.15. The molecule has 0 aliphatic heterocycles. The number of benzene rings is 1. The summed E-state index contributed by atoms with van der Waals surface area (Å²) in [4.78, 5) is 1.50. The van der Waals surface area contributed by atoms with Crippen molar-refractivity contribution >= 4 is 60.5 Å². The van der Waals surface area contributed by atoms with Gasteiger partial charge in [0.05, 0.1) is 9.83 Å². The molecule has 0 saturated carbocycles. The van der Waals surface area contributed by atoms with Crippen molar-refractivity contribution in [2.24, 2.45) is 0 Å². The highest BCUT2D eigenvalue weighted by molar-refractivity contribution is 9.11. The van der Waals surface area contributed by atoms with Crippen LogP contribution in [-0.4, -0.2) is 0 Å². The van der Waals surface area contributed by atoms with Gasteiger partial charge in [0, 0.05) is 20.1 Å². The van der Waals surface area contributed by atoms with Gasteiger partial charge in [0.15, 0.2) is 0 Å². The molecule has 1 unspecified atom stereocenters. The molecule has 1 heterocycles. The number of halogens is 3. The second kappa shape index (κ2) is 5.76. The molecule has 0 spiro atoms. The number of anilines is 1. The molecular formula is C14H12Br2ClNS. The topological polar surface area (TPSA) is 12.0 Å². The summed E-state index contributed by atoms with van der Waals surface area (Å²) in [5, 5.41) is 4.38. The van der Waals surface area contributed by atoms with Crippen LogP contribution in [0.25, 0.3) is 0 Å². The zero-order valence-electron chi connectivity index (χ0n) is 10.1. The average Bonchev–Trinajstić information content (AvgIpc) is 2.74. The van der Waals surface area contributed by atoms with Crippen LogP contribution in [-0.2, 0) is 6.42 Å². The van der Waals surface area contributed by atoms with E-state index in [1.165, 1.54) is 33.5 Å². The third-order valence-electron chi connectivity index (χ3n) is 3.34. The summed E-state index contributed by atoms with van der Waals surface area (Å²) in [5.41, 5.74) is 2.54. The van der Waals surface area contributed by atoms with Crippen molar-refractivity contribution in [2.75, 3.05) is 5.32 Å². The van der Waals surface area contributed by atoms with Crippen LogP contribution in [0.5, 0.6) is 0 Å². The van der Waals surface area contributed by atoms with Crippen molar-refractivity contribution in [1.82, 2.24) is 0 Å². The number of rotatable bonds is 2. The maximum Gasteiger partial charge on any atom is 0.0705 e. The third-order valence-corrected chi connectivity index (χ3v) is 5.95. The van der Waals surface area contributed by atoms with Gasteiger partial charge in [-0.15, -0.1) is 11.3 Å². The first-order chi connectivity index (χ1) is 9.13. The van der Waals surface area contributed by atoms with Gasteiger partial charge in [0.25, 0.3) is 0 Å². The largest absolute Gasteiger partial charge is 0.377 e. The number of hydrogen-bond donors (Lipinski definition) is 1. The molecule has 1 aliphatic carbocycles. The highest BCUT2D eigenvalue weighted by atomic mass is 79.9. The minimum absolute atomic E-state index is 0.392. The van der Waals surface area contributed by atoms with Crippen LogP contribution in [0, 0.1) is 0 Å². The molecule has 3 rings (SSSR count). The first-order valence-electron chi connectivity index (χ1n) is 6.13. The van der Waals surface area contributed by atoms with Crippen molar-refractivity contribution < 1.29 is 0 Å². The minimum Gasteiger partial charge on any atom is -0.377 e. The van der Waals surface area contributed by atoms with Gasteiger partial charge in [0.2, 0.25) is 0 Å². The molecule has 0 saturated heterocycles. The van der Waals surface area contributed by atoms with Crippen LogP contribution < -0.4 is 5.32 Å². The van der Waals surface area contributed by atoms with Crippen LogP contribution in [0.4, 0.5) is 5.69 Å². The highest BCUT2D eigenvalue weighted by Gasteiger charge is 2.23. The van der Waals surface area contributed by atoms with E-state index in [9.17, 15) is 0 Å². The summed E-state index contributed by atoms with van der Waals surface area (Å²) < 4.78 is 2.24. The van der Waals surface area contributed by atoms with E-state index in [-0.39, 0.29) is 0 Å². The lowest BCUT2D eigenvalue weighted by atomic mass is 9.94. The van der Waals surface area contributed by atoms with E-state index in [0.717, 1.165) is 15.2 Å². The quantitative estimate of drug-likeness (QED) is 0.590. The monoisotopic (exact) mass is 419 g/mol. The number of fused-ring (bicyclic) bond motifs is 1. The first-order valence-corrected chi connectivity index (χ1v) is 8.91. The standard InChI is InChI=1S/C14H12Br2ClNS/c15-10-6-8(17)4-5-12(10)18-11-2-1-3-13-9(11)7-14(16)19-13/h4-7,11,18H,1-3H2. The van der Waals surface area contributed by atoms with E-state index in [1.54, 1.807) is 0 Å². The summed E-state index contributed by atoms with van der Waals surface area (Å²) in [5.74, 6) is 0. The van der Waals surface area contributed by atoms with Crippen molar-refractivity contribution in [3.63, 3.8) is 0 Å². The number of hydrogen-bond acceptors (Lipinski definition) is 2. The van der Waals surface area contributed by atoms with E-state index in [2.05, 4.69) is 43.2 Å². The van der Waals surface area contributed by atoms with Crippen molar-refractivity contribution in [2.45, 2.75) is 25.3 Å². The Kier molecular flexibility index (Phi) is 4.22. The van der Waals surface area contributed by atoms with Gasteiger partial charge in [-0.1, -0.05) is 11.6 Å². The molecule has 1 aromatic carbocycles. The number of aryl methyl sites for hydroxylation is 1. The van der Waals surface area contributed by atoms with Gasteiger partial charge < -0.3 is 5.32 Å². The molecule has 5 heteroatoms. The zero-order valence-corrected chi connectivity index (χ0v) is 14.8. The fourth-order valence-corrected chi connectivity index (χ4v) is 5.08. The lowest BCUT2D eigenvalue weighted by molar-refractivity contribution is 0.608. The van der Waals surface area contributed by atoms with E-state index < -0.39 is 0 Å². The normalized spacial score (nSPS) is 18.2. The third kappa shape index (κ3) is 3.02. The Hall–Kier alpha value is -0.0300. The summed E-state index contributed by atoms with van der Waals surface area (Å²) in [6, 6.07) is 8.52. The molecule has 1 N–H and O–H groups in total. The summed E-state index contributed by atoms with van der Waals surface area (Å²) in [7, 11) is 0. The molecule has 1 aliphatic rings. The molecule has 0 radical (unpaired) electrons. The molecule has 2 aromatic rings. The maximum absolute atomic E-state index is 5.98. The predicted octanol–water partition coefficient (Wildman–Crippen LogP) is 6.42. The summed E-state index contributed by atoms with van der Waals surface area (Å²) in [6.45, 7) is 0. The van der Waals surface area contributed by atoms with Gasteiger partial charge in [-0.05, 0) is 81.0 Å². The number of nitrogens with one attached hydrogen (secondary N) is 1. The number of thiophene rings is 1. The Labute approximate surface area is 138 Å². The van der Waals surface area contributed by atoms with Gasteiger partial charge in [-0.3, -0.25) is 0 Å². The van der Waals surface area contributed by atoms with Gasteiger partial charge in [-0.25, -0.2) is 0 Å². The van der Waals surface area contributed by atoms with Crippen LogP contribution >= 0.6 is 54.8 Å². The van der Waals surface area contributed by atoms with Crippen molar-refractivity contribution in [3.05, 3.63) is 48.0 Å². The fourth-order valence-electron chi connectivity index (χ4n) is 2.47. The van der Waals surface area contributed by atoms with E-state index >= 15 is 0 Å². The molecule has 100 valence electrons. The second-order valence-electron chi connectivity index (χ2n) is 4.64. The average molecular weight is 422 g/mol. The van der Waals surface area contributed by atoms with Crippen molar-refractivity contribution in [3.8, 4) is 0 Å². The molecular weight excluding hydrogens is 409 g/mol. The molecule has 0 bridgehead atoms. The molecule has 19 heavy (non-hydrogen) atoms. The van der Waals surface area contributed by atoms with Crippen LogP contribution in [0.2, 0.25) is 5.02 Å². The Bertz CT molecular complexity index is 611. The minimum atomic E-state index is 0.392. The smallest absolute Gasteiger partial charge is 0.0705 e. The van der Waals surface area contributed by atoms with E-state index in [0.29, 0.717) is 6.04 Å². The first kappa shape index (κ1) is 13.9. The Morgan fingerprint density at radius 2 is 2.11 bits per heavy atom. The molecule has 1 nitrogen and oxygen atoms in total. The zero-order chi connectivity index (χ0) is 13.4. The van der Waals surface area contributed by atoms with Crippen LogP contribution in [0.3, 0.4) is 0 Å². The van der Waals surface area contributed by atoms with Crippen molar-refractivity contribution in [1.29, 1.82) is 0 Å². The maximum atomic E-state index is 5.98. The highest BCUT2D eigenvalue weighted by Crippen LogP contribution is 2.40. The molecule has 1 aromatic heterocycles. The molecule has 0 fully saturated rings. The van der Waals surface area contributed by atoms with Gasteiger partial charge in [-0.2, -0.15) is 0 Å². The molecule has 0 amide bonds.